The van der Waals surface area contributed by atoms with E-state index in [2.05, 4.69) is 4.74 Å². The third-order valence-corrected chi connectivity index (χ3v) is 3.70. The van der Waals surface area contributed by atoms with Crippen molar-refractivity contribution in [2.24, 2.45) is 5.92 Å². The van der Waals surface area contributed by atoms with Gasteiger partial charge in [-0.25, -0.2) is 9.59 Å². The van der Waals surface area contributed by atoms with E-state index in [9.17, 15) is 14.4 Å². The molecule has 0 aromatic carbocycles. The number of carbonyl (C=O) groups excluding carboxylic acids is 3. The SMILES string of the molecule is COC(=O)/C=C1\[C@H]2C=C[C@@H]([C@H]1C(=O)OC)N2C(=O)OC(C)(C)C. The summed E-state index contributed by atoms with van der Waals surface area (Å²) in [5.41, 5.74) is -0.186. The molecule has 0 N–H and O–H groups in total. The van der Waals surface area contributed by atoms with Gasteiger partial charge >= 0.3 is 18.0 Å². The van der Waals surface area contributed by atoms with Crippen molar-refractivity contribution in [3.8, 4) is 0 Å². The maximum atomic E-state index is 12.4. The highest BCUT2D eigenvalue weighted by Gasteiger charge is 2.53. The molecule has 0 aliphatic carbocycles. The molecule has 3 atom stereocenters. The van der Waals surface area contributed by atoms with E-state index < -0.39 is 41.6 Å². The zero-order valence-corrected chi connectivity index (χ0v) is 13.9. The summed E-state index contributed by atoms with van der Waals surface area (Å²) in [6.07, 6.45) is 4.22. The Morgan fingerprint density at radius 2 is 1.78 bits per heavy atom. The summed E-state index contributed by atoms with van der Waals surface area (Å²) >= 11 is 0. The molecule has 0 aromatic heterocycles. The van der Waals surface area contributed by atoms with Crippen LogP contribution in [0.4, 0.5) is 4.79 Å². The molecular weight excluding hydrogens is 302 g/mol. The lowest BCUT2D eigenvalue weighted by Gasteiger charge is -2.27. The summed E-state index contributed by atoms with van der Waals surface area (Å²) in [7, 11) is 2.52. The molecule has 7 heteroatoms. The zero-order valence-electron chi connectivity index (χ0n) is 13.9. The van der Waals surface area contributed by atoms with Gasteiger partial charge in [0.1, 0.15) is 11.5 Å². The molecule has 2 aliphatic heterocycles. The van der Waals surface area contributed by atoms with Crippen LogP contribution in [0.1, 0.15) is 20.8 Å². The van der Waals surface area contributed by atoms with Crippen molar-refractivity contribution in [2.75, 3.05) is 14.2 Å². The second kappa shape index (κ2) is 6.06. The molecule has 0 saturated carbocycles. The minimum atomic E-state index is -0.735. The standard InChI is InChI=1S/C16H21NO6/c1-16(2,3)23-15(20)17-10-6-7-11(17)13(14(19)22-5)9(10)8-12(18)21-4/h6-8,10-11,13H,1-5H3/b9-8+/t10-,11+,13+/m1/s1. The van der Waals surface area contributed by atoms with Crippen molar-refractivity contribution >= 4 is 18.0 Å². The minimum absolute atomic E-state index is 0.474. The monoisotopic (exact) mass is 323 g/mol. The Kier molecular flexibility index (Phi) is 4.49. The molecular formula is C16H21NO6. The zero-order chi connectivity index (χ0) is 17.4. The van der Waals surface area contributed by atoms with Crippen molar-refractivity contribution in [1.82, 2.24) is 4.90 Å². The van der Waals surface area contributed by atoms with Gasteiger partial charge in [0.15, 0.2) is 0 Å². The second-order valence-electron chi connectivity index (χ2n) is 6.38. The molecule has 2 aliphatic rings. The number of rotatable bonds is 2. The molecule has 23 heavy (non-hydrogen) atoms. The first-order valence-electron chi connectivity index (χ1n) is 7.26. The fourth-order valence-electron chi connectivity index (χ4n) is 2.84. The molecule has 1 saturated heterocycles. The van der Waals surface area contributed by atoms with Gasteiger partial charge in [-0.3, -0.25) is 9.69 Å². The normalized spacial score (nSPS) is 27.3. The number of hydrogen-bond donors (Lipinski definition) is 0. The maximum Gasteiger partial charge on any atom is 0.411 e. The van der Waals surface area contributed by atoms with Crippen LogP contribution in [0.5, 0.6) is 0 Å². The van der Waals surface area contributed by atoms with Crippen LogP contribution in [-0.2, 0) is 23.8 Å². The predicted molar refractivity (Wildman–Crippen MR) is 80.4 cm³/mol. The molecule has 0 unspecified atom stereocenters. The molecule has 1 amide bonds. The van der Waals surface area contributed by atoms with Crippen molar-refractivity contribution in [3.05, 3.63) is 23.8 Å². The molecule has 0 radical (unpaired) electrons. The number of esters is 2. The minimum Gasteiger partial charge on any atom is -0.468 e. The molecule has 7 nitrogen and oxygen atoms in total. The maximum absolute atomic E-state index is 12.4. The summed E-state index contributed by atoms with van der Waals surface area (Å²) in [6.45, 7) is 5.29. The van der Waals surface area contributed by atoms with E-state index in [-0.39, 0.29) is 0 Å². The summed E-state index contributed by atoms with van der Waals surface area (Å²) < 4.78 is 14.8. The predicted octanol–water partition coefficient (Wildman–Crippen LogP) is 1.43. The van der Waals surface area contributed by atoms with Gasteiger partial charge in [-0.05, 0) is 26.3 Å². The lowest BCUT2D eigenvalue weighted by Crippen LogP contribution is -2.42. The Labute approximate surface area is 134 Å². The number of fused-ring (bicyclic) bond motifs is 2. The number of nitrogens with zero attached hydrogens (tertiary/aromatic N) is 1. The van der Waals surface area contributed by atoms with Crippen LogP contribution < -0.4 is 0 Å². The fourth-order valence-corrected chi connectivity index (χ4v) is 2.84. The number of ether oxygens (including phenoxy) is 3. The number of amides is 1. The van der Waals surface area contributed by atoms with E-state index in [0.717, 1.165) is 0 Å². The van der Waals surface area contributed by atoms with Gasteiger partial charge in [0.05, 0.1) is 26.3 Å². The molecule has 2 bridgehead atoms. The lowest BCUT2D eigenvalue weighted by molar-refractivity contribution is -0.144. The van der Waals surface area contributed by atoms with Crippen LogP contribution in [0.15, 0.2) is 23.8 Å². The third-order valence-electron chi connectivity index (χ3n) is 3.70. The van der Waals surface area contributed by atoms with Crippen LogP contribution in [-0.4, -0.2) is 54.8 Å². The molecule has 2 rings (SSSR count). The van der Waals surface area contributed by atoms with E-state index in [1.807, 2.05) is 0 Å². The Morgan fingerprint density at radius 3 is 2.30 bits per heavy atom. The van der Waals surface area contributed by atoms with Crippen LogP contribution in [0.3, 0.4) is 0 Å². The van der Waals surface area contributed by atoms with Crippen molar-refractivity contribution < 1.29 is 28.6 Å². The largest absolute Gasteiger partial charge is 0.468 e. The average molecular weight is 323 g/mol. The topological polar surface area (TPSA) is 82.1 Å². The van der Waals surface area contributed by atoms with Crippen LogP contribution in [0.25, 0.3) is 0 Å². The van der Waals surface area contributed by atoms with Crippen LogP contribution in [0, 0.1) is 5.92 Å². The number of carbonyl (C=O) groups is 3. The van der Waals surface area contributed by atoms with Gasteiger partial charge in [0.2, 0.25) is 0 Å². The highest BCUT2D eigenvalue weighted by molar-refractivity contribution is 5.89. The van der Waals surface area contributed by atoms with E-state index >= 15 is 0 Å². The van der Waals surface area contributed by atoms with E-state index in [0.29, 0.717) is 5.57 Å². The number of methoxy groups -OCH3 is 2. The molecule has 0 aromatic rings. The Balaban J connectivity index is 2.36. The first kappa shape index (κ1) is 17.1. The van der Waals surface area contributed by atoms with Crippen LogP contribution in [0.2, 0.25) is 0 Å². The smallest absolute Gasteiger partial charge is 0.411 e. The highest BCUT2D eigenvalue weighted by Crippen LogP contribution is 2.42. The Bertz CT molecular complexity index is 586. The molecule has 2 heterocycles. The molecule has 126 valence electrons. The highest BCUT2D eigenvalue weighted by atomic mass is 16.6. The first-order chi connectivity index (χ1) is 10.7. The average Bonchev–Trinajstić information content (AvgIpc) is 3.00. The molecule has 0 spiro atoms. The summed E-state index contributed by atoms with van der Waals surface area (Å²) in [5.74, 6) is -1.83. The Hall–Kier alpha value is -2.31. The number of hydrogen-bond acceptors (Lipinski definition) is 6. The summed E-state index contributed by atoms with van der Waals surface area (Å²) in [4.78, 5) is 37.6. The van der Waals surface area contributed by atoms with Crippen LogP contribution >= 0.6 is 0 Å². The van der Waals surface area contributed by atoms with Crippen molar-refractivity contribution in [3.63, 3.8) is 0 Å². The summed E-state index contributed by atoms with van der Waals surface area (Å²) in [5, 5.41) is 0. The van der Waals surface area contributed by atoms with Crippen molar-refractivity contribution in [2.45, 2.75) is 38.5 Å². The summed E-state index contributed by atoms with van der Waals surface area (Å²) in [6, 6.07) is -1.05. The third kappa shape index (κ3) is 3.23. The second-order valence-corrected chi connectivity index (χ2v) is 6.38. The van der Waals surface area contributed by atoms with Gasteiger partial charge in [-0.1, -0.05) is 12.2 Å². The lowest BCUT2D eigenvalue weighted by atomic mass is 9.88. The quantitative estimate of drug-likeness (QED) is 0.331. The van der Waals surface area contributed by atoms with Gasteiger partial charge in [-0.15, -0.1) is 0 Å². The van der Waals surface area contributed by atoms with Crippen molar-refractivity contribution in [1.29, 1.82) is 0 Å². The Morgan fingerprint density at radius 1 is 1.13 bits per heavy atom. The molecule has 1 fully saturated rings. The van der Waals surface area contributed by atoms with Gasteiger partial charge in [0.25, 0.3) is 0 Å². The van der Waals surface area contributed by atoms with E-state index in [4.69, 9.17) is 9.47 Å². The van der Waals surface area contributed by atoms with E-state index in [1.54, 1.807) is 32.9 Å². The first-order valence-corrected chi connectivity index (χ1v) is 7.26. The van der Waals surface area contributed by atoms with Gasteiger partial charge < -0.3 is 14.2 Å². The fraction of sp³-hybridized carbons (Fsp3) is 0.562. The van der Waals surface area contributed by atoms with E-state index in [1.165, 1.54) is 25.2 Å². The van der Waals surface area contributed by atoms with Gasteiger partial charge in [-0.2, -0.15) is 0 Å². The van der Waals surface area contributed by atoms with Gasteiger partial charge in [0, 0.05) is 6.08 Å².